The molecule has 3 aromatic rings. The summed E-state index contributed by atoms with van der Waals surface area (Å²) in [5, 5.41) is 1.38. The van der Waals surface area contributed by atoms with Crippen LogP contribution in [-0.4, -0.2) is 15.9 Å². The highest BCUT2D eigenvalue weighted by Crippen LogP contribution is 2.34. The molecule has 24 heavy (non-hydrogen) atoms. The highest BCUT2D eigenvalue weighted by molar-refractivity contribution is 7.22. The Hall–Kier alpha value is -1.98. The first-order valence-corrected chi connectivity index (χ1v) is 9.05. The zero-order valence-corrected chi connectivity index (χ0v) is 15.2. The zero-order valence-electron chi connectivity index (χ0n) is 13.6. The molecule has 0 N–H and O–H groups in total. The Balaban J connectivity index is 2.01. The zero-order chi connectivity index (χ0) is 17.1. The molecule has 0 fully saturated rings. The number of benzene rings is 1. The number of nitrogens with zero attached hydrogens (tertiary/aromatic N) is 3. The first-order chi connectivity index (χ1) is 11.6. The van der Waals surface area contributed by atoms with E-state index in [1.807, 2.05) is 44.2 Å². The molecule has 0 aliphatic carbocycles. The predicted molar refractivity (Wildman–Crippen MR) is 99.7 cm³/mol. The van der Waals surface area contributed by atoms with E-state index in [1.165, 1.54) is 11.3 Å². The van der Waals surface area contributed by atoms with Crippen molar-refractivity contribution < 1.29 is 4.79 Å². The largest absolute Gasteiger partial charge is 0.282 e. The Kier molecular flexibility index (Phi) is 5.11. The van der Waals surface area contributed by atoms with Gasteiger partial charge < -0.3 is 0 Å². The van der Waals surface area contributed by atoms with Crippen molar-refractivity contribution in [2.45, 2.75) is 33.2 Å². The highest BCUT2D eigenvalue weighted by Gasteiger charge is 2.20. The molecule has 0 spiro atoms. The van der Waals surface area contributed by atoms with Gasteiger partial charge in [-0.05, 0) is 43.2 Å². The second-order valence-electron chi connectivity index (χ2n) is 5.57. The van der Waals surface area contributed by atoms with Gasteiger partial charge in [-0.3, -0.25) is 14.7 Å². The first kappa shape index (κ1) is 16.9. The number of thiazole rings is 1. The van der Waals surface area contributed by atoms with Gasteiger partial charge in [0.2, 0.25) is 5.91 Å². The molecule has 0 aliphatic rings. The monoisotopic (exact) mass is 359 g/mol. The minimum absolute atomic E-state index is 0.0611. The maximum Gasteiger partial charge on any atom is 0.229 e. The number of aromatic nitrogens is 2. The molecule has 0 saturated heterocycles. The number of pyridine rings is 1. The van der Waals surface area contributed by atoms with Gasteiger partial charge in [-0.1, -0.05) is 35.9 Å². The minimum Gasteiger partial charge on any atom is -0.282 e. The SMILES string of the molecule is CCCC(=O)N(Cc1ccccn1)c1nc2c(C)c(Cl)ccc2s1. The van der Waals surface area contributed by atoms with E-state index in [4.69, 9.17) is 11.6 Å². The number of anilines is 1. The minimum atomic E-state index is 0.0611. The average Bonchev–Trinajstić information content (AvgIpc) is 3.02. The quantitative estimate of drug-likeness (QED) is 0.645. The van der Waals surface area contributed by atoms with Crippen molar-refractivity contribution in [3.8, 4) is 0 Å². The summed E-state index contributed by atoms with van der Waals surface area (Å²) in [6.07, 6.45) is 3.02. The van der Waals surface area contributed by atoms with Crippen LogP contribution in [-0.2, 0) is 11.3 Å². The lowest BCUT2D eigenvalue weighted by Crippen LogP contribution is -2.30. The fraction of sp³-hybridized carbons (Fsp3) is 0.278. The summed E-state index contributed by atoms with van der Waals surface area (Å²) >= 11 is 7.70. The number of halogens is 1. The van der Waals surface area contributed by atoms with E-state index < -0.39 is 0 Å². The topological polar surface area (TPSA) is 46.1 Å². The van der Waals surface area contributed by atoms with Crippen LogP contribution in [0.25, 0.3) is 10.2 Å². The van der Waals surface area contributed by atoms with E-state index in [-0.39, 0.29) is 5.91 Å². The number of carbonyl (C=O) groups is 1. The molecule has 6 heteroatoms. The number of aryl methyl sites for hydroxylation is 1. The first-order valence-electron chi connectivity index (χ1n) is 7.86. The molecule has 2 aromatic heterocycles. The molecule has 1 amide bonds. The van der Waals surface area contributed by atoms with E-state index in [0.29, 0.717) is 23.1 Å². The van der Waals surface area contributed by atoms with Crippen LogP contribution in [0.15, 0.2) is 36.5 Å². The predicted octanol–water partition coefficient (Wildman–Crippen LogP) is 4.99. The smallest absolute Gasteiger partial charge is 0.229 e. The van der Waals surface area contributed by atoms with E-state index >= 15 is 0 Å². The van der Waals surface area contributed by atoms with Gasteiger partial charge in [0.25, 0.3) is 0 Å². The molecular weight excluding hydrogens is 342 g/mol. The van der Waals surface area contributed by atoms with Crippen LogP contribution in [0, 0.1) is 6.92 Å². The third kappa shape index (κ3) is 3.42. The Bertz CT molecular complexity index is 863. The number of fused-ring (bicyclic) bond motifs is 1. The molecule has 2 heterocycles. The second kappa shape index (κ2) is 7.28. The number of amides is 1. The maximum atomic E-state index is 12.6. The molecule has 3 rings (SSSR count). The van der Waals surface area contributed by atoms with Gasteiger partial charge in [0.15, 0.2) is 5.13 Å². The highest BCUT2D eigenvalue weighted by atomic mass is 35.5. The van der Waals surface area contributed by atoms with Gasteiger partial charge in [-0.25, -0.2) is 4.98 Å². The van der Waals surface area contributed by atoms with Gasteiger partial charge in [0.05, 0.1) is 22.5 Å². The Morgan fingerprint density at radius 1 is 1.29 bits per heavy atom. The third-order valence-electron chi connectivity index (χ3n) is 3.78. The molecule has 0 aliphatic heterocycles. The molecule has 0 radical (unpaired) electrons. The van der Waals surface area contributed by atoms with Gasteiger partial charge in [-0.2, -0.15) is 0 Å². The Morgan fingerprint density at radius 3 is 2.83 bits per heavy atom. The van der Waals surface area contributed by atoms with Crippen LogP contribution in [0.1, 0.15) is 31.0 Å². The molecule has 0 unspecified atom stereocenters. The third-order valence-corrected chi connectivity index (χ3v) is 5.23. The lowest BCUT2D eigenvalue weighted by atomic mass is 10.2. The van der Waals surface area contributed by atoms with E-state index in [2.05, 4.69) is 9.97 Å². The fourth-order valence-corrected chi connectivity index (χ4v) is 3.66. The summed E-state index contributed by atoms with van der Waals surface area (Å²) < 4.78 is 1.03. The molecule has 0 bridgehead atoms. The molecule has 124 valence electrons. The molecule has 4 nitrogen and oxygen atoms in total. The van der Waals surface area contributed by atoms with Crippen molar-refractivity contribution in [2.75, 3.05) is 4.90 Å². The number of hydrogen-bond acceptors (Lipinski definition) is 4. The number of carbonyl (C=O) groups excluding carboxylic acids is 1. The number of rotatable bonds is 5. The average molecular weight is 360 g/mol. The van der Waals surface area contributed by atoms with Gasteiger partial charge in [0, 0.05) is 17.6 Å². The summed E-state index contributed by atoms with van der Waals surface area (Å²) in [4.78, 5) is 23.4. The van der Waals surface area contributed by atoms with Gasteiger partial charge in [0.1, 0.15) is 0 Å². The van der Waals surface area contributed by atoms with Gasteiger partial charge >= 0.3 is 0 Å². The summed E-state index contributed by atoms with van der Waals surface area (Å²) in [6.45, 7) is 4.37. The van der Waals surface area contributed by atoms with Crippen LogP contribution < -0.4 is 4.90 Å². The van der Waals surface area contributed by atoms with Crippen molar-refractivity contribution in [1.82, 2.24) is 9.97 Å². The van der Waals surface area contributed by atoms with Crippen LogP contribution >= 0.6 is 22.9 Å². The normalized spacial score (nSPS) is 11.0. The number of hydrogen-bond donors (Lipinski definition) is 0. The summed E-state index contributed by atoms with van der Waals surface area (Å²) in [5.41, 5.74) is 2.64. The Morgan fingerprint density at radius 2 is 2.12 bits per heavy atom. The standard InChI is InChI=1S/C18H18ClN3OS/c1-3-6-16(23)22(11-13-7-4-5-10-20-13)18-21-17-12(2)14(19)8-9-15(17)24-18/h4-5,7-10H,3,6,11H2,1-2H3. The van der Waals surface area contributed by atoms with Crippen LogP contribution in [0.2, 0.25) is 5.02 Å². The summed E-state index contributed by atoms with van der Waals surface area (Å²) in [5.74, 6) is 0.0611. The van der Waals surface area contributed by atoms with Crippen LogP contribution in [0.3, 0.4) is 0 Å². The van der Waals surface area contributed by atoms with E-state index in [0.717, 1.165) is 27.9 Å². The lowest BCUT2D eigenvalue weighted by Gasteiger charge is -2.19. The van der Waals surface area contributed by atoms with Gasteiger partial charge in [-0.15, -0.1) is 0 Å². The van der Waals surface area contributed by atoms with E-state index in [9.17, 15) is 4.79 Å². The van der Waals surface area contributed by atoms with Crippen LogP contribution in [0.4, 0.5) is 5.13 Å². The molecule has 1 aromatic carbocycles. The lowest BCUT2D eigenvalue weighted by molar-refractivity contribution is -0.118. The van der Waals surface area contributed by atoms with E-state index in [1.54, 1.807) is 11.1 Å². The fourth-order valence-electron chi connectivity index (χ4n) is 2.47. The molecule has 0 atom stereocenters. The molecule has 0 saturated carbocycles. The van der Waals surface area contributed by atoms with Crippen molar-refractivity contribution >= 4 is 44.2 Å². The van der Waals surface area contributed by atoms with Crippen molar-refractivity contribution in [3.63, 3.8) is 0 Å². The van der Waals surface area contributed by atoms with Crippen molar-refractivity contribution in [3.05, 3.63) is 52.8 Å². The molecular formula is C18H18ClN3OS. The summed E-state index contributed by atoms with van der Waals surface area (Å²) in [6, 6.07) is 9.53. The second-order valence-corrected chi connectivity index (χ2v) is 6.98. The summed E-state index contributed by atoms with van der Waals surface area (Å²) in [7, 11) is 0. The van der Waals surface area contributed by atoms with Crippen molar-refractivity contribution in [1.29, 1.82) is 0 Å². The Labute approximate surface area is 150 Å². The van der Waals surface area contributed by atoms with Crippen LogP contribution in [0.5, 0.6) is 0 Å². The van der Waals surface area contributed by atoms with Crippen molar-refractivity contribution in [2.24, 2.45) is 0 Å². The maximum absolute atomic E-state index is 12.6.